The first-order chi connectivity index (χ1) is 11.1. The molecule has 2 rings (SSSR count). The number of likely N-dealkylation sites (tertiary alicyclic amines) is 1. The van der Waals surface area contributed by atoms with Crippen molar-refractivity contribution < 1.29 is 24.2 Å². The van der Waals surface area contributed by atoms with Gasteiger partial charge >= 0.3 is 12.1 Å². The molecule has 0 unspecified atom stereocenters. The smallest absolute Gasteiger partial charge is 0.410 e. The number of amides is 1. The summed E-state index contributed by atoms with van der Waals surface area (Å²) >= 11 is 0. The zero-order valence-electron chi connectivity index (χ0n) is 13.3. The number of ether oxygens (including phenoxy) is 2. The first-order valence-electron chi connectivity index (χ1n) is 7.84. The molecular weight excluding hydrogens is 298 g/mol. The second kappa shape index (κ2) is 8.53. The van der Waals surface area contributed by atoms with Crippen molar-refractivity contribution in [3.8, 4) is 0 Å². The molecule has 0 aromatic heterocycles. The Morgan fingerprint density at radius 1 is 1.30 bits per heavy atom. The molecule has 1 aromatic carbocycles. The molecule has 0 radical (unpaired) electrons. The lowest BCUT2D eigenvalue weighted by Gasteiger charge is -2.37. The first kappa shape index (κ1) is 17.3. The summed E-state index contributed by atoms with van der Waals surface area (Å²) in [6.45, 7) is 0.715. The number of methoxy groups -OCH3 is 1. The standard InChI is InChI=1S/C17H23NO5/c1-22-16(20)11-15(19)14-9-5-6-10-18(14)17(21)23-12-13-7-3-2-4-8-13/h2-4,7-8,14-15,19H,5-6,9-12H2,1H3/t14-,15+/m1/s1. The summed E-state index contributed by atoms with van der Waals surface area (Å²) in [5.74, 6) is -0.485. The lowest BCUT2D eigenvalue weighted by Crippen LogP contribution is -2.50. The number of nitrogens with zero attached hydrogens (tertiary/aromatic N) is 1. The highest BCUT2D eigenvalue weighted by Gasteiger charge is 2.34. The Hall–Kier alpha value is -2.08. The average Bonchev–Trinajstić information content (AvgIpc) is 2.60. The van der Waals surface area contributed by atoms with Gasteiger partial charge in [-0.2, -0.15) is 0 Å². The van der Waals surface area contributed by atoms with Gasteiger partial charge in [0.25, 0.3) is 0 Å². The van der Waals surface area contributed by atoms with Crippen molar-refractivity contribution in [3.63, 3.8) is 0 Å². The van der Waals surface area contributed by atoms with Crippen molar-refractivity contribution in [1.82, 2.24) is 4.90 Å². The van der Waals surface area contributed by atoms with Crippen molar-refractivity contribution in [3.05, 3.63) is 35.9 Å². The number of rotatable bonds is 5. The van der Waals surface area contributed by atoms with Crippen LogP contribution in [-0.4, -0.2) is 47.9 Å². The maximum Gasteiger partial charge on any atom is 0.410 e. The van der Waals surface area contributed by atoms with Crippen molar-refractivity contribution in [2.45, 2.75) is 44.4 Å². The predicted octanol–water partition coefficient (Wildman–Crippen LogP) is 2.10. The van der Waals surface area contributed by atoms with E-state index in [2.05, 4.69) is 4.74 Å². The van der Waals surface area contributed by atoms with Crippen LogP contribution in [0.5, 0.6) is 0 Å². The van der Waals surface area contributed by atoms with Crippen LogP contribution in [0, 0.1) is 0 Å². The monoisotopic (exact) mass is 321 g/mol. The molecule has 6 nitrogen and oxygen atoms in total. The molecule has 2 atom stereocenters. The molecule has 0 bridgehead atoms. The van der Waals surface area contributed by atoms with Crippen LogP contribution in [0.25, 0.3) is 0 Å². The molecule has 0 aliphatic carbocycles. The van der Waals surface area contributed by atoms with Gasteiger partial charge in [-0.1, -0.05) is 30.3 Å². The van der Waals surface area contributed by atoms with Crippen LogP contribution in [0.15, 0.2) is 30.3 Å². The normalized spacial score (nSPS) is 19.0. The fourth-order valence-corrected chi connectivity index (χ4v) is 2.78. The van der Waals surface area contributed by atoms with Gasteiger partial charge in [0.15, 0.2) is 0 Å². The third-order valence-corrected chi connectivity index (χ3v) is 4.04. The summed E-state index contributed by atoms with van der Waals surface area (Å²) in [6.07, 6.45) is 0.907. The Balaban J connectivity index is 1.94. The molecule has 1 aromatic rings. The molecule has 6 heteroatoms. The Labute approximate surface area is 136 Å². The SMILES string of the molecule is COC(=O)C[C@H](O)[C@H]1CCCCN1C(=O)OCc1ccccc1. The Morgan fingerprint density at radius 2 is 2.04 bits per heavy atom. The fraction of sp³-hybridized carbons (Fsp3) is 0.529. The second-order valence-corrected chi connectivity index (χ2v) is 5.64. The zero-order chi connectivity index (χ0) is 16.7. The number of hydrogen-bond acceptors (Lipinski definition) is 5. The lowest BCUT2D eigenvalue weighted by molar-refractivity contribution is -0.144. The van der Waals surface area contributed by atoms with Crippen LogP contribution in [0.3, 0.4) is 0 Å². The third-order valence-electron chi connectivity index (χ3n) is 4.04. The molecule has 1 saturated heterocycles. The van der Waals surface area contributed by atoms with Gasteiger partial charge < -0.3 is 19.5 Å². The quantitative estimate of drug-likeness (QED) is 0.841. The van der Waals surface area contributed by atoms with Crippen molar-refractivity contribution in [1.29, 1.82) is 0 Å². The largest absolute Gasteiger partial charge is 0.469 e. The molecule has 1 N–H and O–H groups in total. The molecule has 23 heavy (non-hydrogen) atoms. The van der Waals surface area contributed by atoms with E-state index in [1.54, 1.807) is 0 Å². The van der Waals surface area contributed by atoms with E-state index in [1.165, 1.54) is 12.0 Å². The van der Waals surface area contributed by atoms with Crippen molar-refractivity contribution >= 4 is 12.1 Å². The number of aliphatic hydroxyl groups is 1. The zero-order valence-corrected chi connectivity index (χ0v) is 13.3. The summed E-state index contributed by atoms with van der Waals surface area (Å²) in [5.41, 5.74) is 0.907. The van der Waals surface area contributed by atoms with E-state index in [1.807, 2.05) is 30.3 Å². The minimum absolute atomic E-state index is 0.121. The molecule has 1 aliphatic rings. The van der Waals surface area contributed by atoms with Crippen molar-refractivity contribution in [2.24, 2.45) is 0 Å². The summed E-state index contributed by atoms with van der Waals surface area (Å²) in [4.78, 5) is 25.2. The Morgan fingerprint density at radius 3 is 2.74 bits per heavy atom. The van der Waals surface area contributed by atoms with E-state index in [4.69, 9.17) is 4.74 Å². The van der Waals surface area contributed by atoms with Crippen molar-refractivity contribution in [2.75, 3.05) is 13.7 Å². The molecular formula is C17H23NO5. The molecule has 1 amide bonds. The minimum atomic E-state index is -0.938. The minimum Gasteiger partial charge on any atom is -0.469 e. The number of piperidine rings is 1. The number of aliphatic hydroxyl groups excluding tert-OH is 1. The van der Waals surface area contributed by atoms with Gasteiger partial charge in [0, 0.05) is 6.54 Å². The lowest BCUT2D eigenvalue weighted by atomic mass is 9.96. The van der Waals surface area contributed by atoms with Gasteiger partial charge in [0.05, 0.1) is 25.7 Å². The maximum atomic E-state index is 12.3. The van der Waals surface area contributed by atoms with Crippen LogP contribution in [0.1, 0.15) is 31.2 Å². The van der Waals surface area contributed by atoms with Gasteiger partial charge in [0.2, 0.25) is 0 Å². The topological polar surface area (TPSA) is 76.1 Å². The second-order valence-electron chi connectivity index (χ2n) is 5.64. The highest BCUT2D eigenvalue weighted by atomic mass is 16.6. The van der Waals surface area contributed by atoms with Crippen LogP contribution >= 0.6 is 0 Å². The molecule has 1 aliphatic heterocycles. The van der Waals surface area contributed by atoms with E-state index >= 15 is 0 Å². The van der Waals surface area contributed by atoms with Crippen LogP contribution in [0.2, 0.25) is 0 Å². The molecule has 0 spiro atoms. The third kappa shape index (κ3) is 4.96. The summed E-state index contributed by atoms with van der Waals surface area (Å²) in [7, 11) is 1.28. The van der Waals surface area contributed by atoms with Crippen LogP contribution in [-0.2, 0) is 20.9 Å². The van der Waals surface area contributed by atoms with Crippen LogP contribution in [0.4, 0.5) is 4.79 Å². The number of carbonyl (C=O) groups is 2. The summed E-state index contributed by atoms with van der Waals surface area (Å²) in [5, 5.41) is 10.2. The van der Waals surface area contributed by atoms with Gasteiger partial charge in [-0.3, -0.25) is 4.79 Å². The Bertz CT molecular complexity index is 519. The molecule has 126 valence electrons. The number of benzene rings is 1. The number of esters is 1. The molecule has 1 heterocycles. The molecule has 1 fully saturated rings. The number of hydrogen-bond donors (Lipinski definition) is 1. The van der Waals surface area contributed by atoms with E-state index in [0.717, 1.165) is 18.4 Å². The van der Waals surface area contributed by atoms with E-state index < -0.39 is 24.2 Å². The van der Waals surface area contributed by atoms with Gasteiger partial charge in [0.1, 0.15) is 6.61 Å². The Kier molecular flexibility index (Phi) is 6.40. The predicted molar refractivity (Wildman–Crippen MR) is 83.6 cm³/mol. The highest BCUT2D eigenvalue weighted by molar-refractivity contribution is 5.71. The summed E-state index contributed by atoms with van der Waals surface area (Å²) < 4.78 is 9.92. The molecule has 0 saturated carbocycles. The average molecular weight is 321 g/mol. The van der Waals surface area contributed by atoms with E-state index in [0.29, 0.717) is 13.0 Å². The van der Waals surface area contributed by atoms with Gasteiger partial charge in [-0.15, -0.1) is 0 Å². The van der Waals surface area contributed by atoms with E-state index in [9.17, 15) is 14.7 Å². The van der Waals surface area contributed by atoms with Crippen LogP contribution < -0.4 is 0 Å². The van der Waals surface area contributed by atoms with E-state index in [-0.39, 0.29) is 13.0 Å². The van der Waals surface area contributed by atoms with Gasteiger partial charge in [-0.25, -0.2) is 4.79 Å². The first-order valence-corrected chi connectivity index (χ1v) is 7.84. The fourth-order valence-electron chi connectivity index (χ4n) is 2.78. The highest BCUT2D eigenvalue weighted by Crippen LogP contribution is 2.22. The number of carbonyl (C=O) groups excluding carboxylic acids is 2. The summed E-state index contributed by atoms with van der Waals surface area (Å²) in [6, 6.07) is 9.01. The van der Waals surface area contributed by atoms with Gasteiger partial charge in [-0.05, 0) is 24.8 Å². The maximum absolute atomic E-state index is 12.3.